The van der Waals surface area contributed by atoms with Gasteiger partial charge in [-0.1, -0.05) is 32.0 Å². The second kappa shape index (κ2) is 5.32. The number of rotatable bonds is 5. The Morgan fingerprint density at radius 1 is 1.21 bits per heavy atom. The molecule has 0 unspecified atom stereocenters. The van der Waals surface area contributed by atoms with Gasteiger partial charge in [0.1, 0.15) is 5.67 Å². The van der Waals surface area contributed by atoms with Gasteiger partial charge in [-0.25, -0.2) is 17.4 Å². The lowest BCUT2D eigenvalue weighted by Crippen LogP contribution is -2.21. The maximum atomic E-state index is 14.6. The van der Waals surface area contributed by atoms with Gasteiger partial charge in [0, 0.05) is 5.56 Å². The van der Waals surface area contributed by atoms with Gasteiger partial charge in [0.15, 0.2) is 0 Å². The second-order valence-corrected chi connectivity index (χ2v) is 9.37. The smallest absolute Gasteiger partial charge is 0.313 e. The van der Waals surface area contributed by atoms with E-state index >= 15 is 0 Å². The zero-order valence-electron chi connectivity index (χ0n) is 10.6. The van der Waals surface area contributed by atoms with E-state index in [0.29, 0.717) is 0 Å². The molecule has 0 aliphatic heterocycles. The molecule has 0 radical (unpaired) electrons. The Hall–Kier alpha value is -0.750. The van der Waals surface area contributed by atoms with Crippen LogP contribution in [0.15, 0.2) is 29.2 Å². The van der Waals surface area contributed by atoms with Crippen LogP contribution in [-0.4, -0.2) is 18.2 Å². The van der Waals surface area contributed by atoms with Gasteiger partial charge in [-0.3, -0.25) is 0 Å². The van der Waals surface area contributed by atoms with Crippen LogP contribution >= 0.6 is 6.80 Å². The summed E-state index contributed by atoms with van der Waals surface area (Å²) in [6.45, 7) is -2.31. The molecule has 1 aromatic carbocycles. The maximum absolute atomic E-state index is 14.6. The summed E-state index contributed by atoms with van der Waals surface area (Å²) in [5.41, 5.74) is -2.14. The monoisotopic (exact) mass is 310 g/mol. The molecule has 0 amide bonds. The summed E-state index contributed by atoms with van der Waals surface area (Å²) in [4.78, 5) is 17.2. The fourth-order valence-electron chi connectivity index (χ4n) is 1.82. The van der Waals surface area contributed by atoms with Crippen molar-refractivity contribution in [2.24, 2.45) is 0 Å². The van der Waals surface area contributed by atoms with Crippen LogP contribution in [0.1, 0.15) is 32.3 Å². The SMILES string of the molecule is CCC(F)(CC)c1ccccc1S(=O)(=O)P(=O)(O)O. The topological polar surface area (TPSA) is 91.7 Å². The standard InChI is InChI=1S/C11H16FO5PS/c1-3-11(12,4-2)9-7-5-6-8-10(9)19(16,17)18(13,14)15/h5-8H,3-4H2,1-2H3,(H2,13,14,15). The molecule has 5 nitrogen and oxygen atoms in total. The van der Waals surface area contributed by atoms with E-state index in [-0.39, 0.29) is 18.4 Å². The highest BCUT2D eigenvalue weighted by molar-refractivity contribution is 8.48. The molecular formula is C11H16FO5PS. The predicted octanol–water partition coefficient (Wildman–Crippen LogP) is 2.54. The largest absolute Gasteiger partial charge is 0.444 e. The van der Waals surface area contributed by atoms with Crippen molar-refractivity contribution in [3.05, 3.63) is 29.8 Å². The summed E-state index contributed by atoms with van der Waals surface area (Å²) in [6.07, 6.45) is 0.0222. The lowest BCUT2D eigenvalue weighted by Gasteiger charge is -2.25. The van der Waals surface area contributed by atoms with Crippen molar-refractivity contribution in [2.45, 2.75) is 37.3 Å². The third-order valence-corrected chi connectivity index (χ3v) is 7.09. The van der Waals surface area contributed by atoms with Crippen molar-refractivity contribution in [1.29, 1.82) is 0 Å². The number of hydrogen-bond donors (Lipinski definition) is 2. The lowest BCUT2D eigenvalue weighted by molar-refractivity contribution is 0.148. The van der Waals surface area contributed by atoms with E-state index in [0.717, 1.165) is 6.07 Å². The van der Waals surface area contributed by atoms with Gasteiger partial charge >= 0.3 is 6.80 Å². The lowest BCUT2D eigenvalue weighted by atomic mass is 9.90. The molecule has 0 atom stereocenters. The number of alkyl halides is 1. The highest BCUT2D eigenvalue weighted by Crippen LogP contribution is 2.50. The molecule has 0 fully saturated rings. The summed E-state index contributed by atoms with van der Waals surface area (Å²) in [7, 11) is -4.88. The molecule has 1 rings (SSSR count). The highest BCUT2D eigenvalue weighted by atomic mass is 32.8. The minimum atomic E-state index is -5.40. The van der Waals surface area contributed by atoms with Gasteiger partial charge in [-0.15, -0.1) is 0 Å². The first-order valence-electron chi connectivity index (χ1n) is 5.69. The quantitative estimate of drug-likeness (QED) is 0.815. The van der Waals surface area contributed by atoms with Gasteiger partial charge < -0.3 is 9.79 Å². The zero-order chi connectivity index (χ0) is 14.9. The Balaban J connectivity index is 3.62. The normalized spacial score (nSPS) is 13.5. The van der Waals surface area contributed by atoms with Crippen LogP contribution in [0.5, 0.6) is 0 Å². The predicted molar refractivity (Wildman–Crippen MR) is 69.0 cm³/mol. The summed E-state index contributed by atoms with van der Waals surface area (Å²) in [5, 5.41) is 0. The Kier molecular flexibility index (Phi) is 4.57. The summed E-state index contributed by atoms with van der Waals surface area (Å²) < 4.78 is 49.4. The molecule has 0 aliphatic carbocycles. The van der Waals surface area contributed by atoms with E-state index in [1.54, 1.807) is 13.8 Å². The summed E-state index contributed by atoms with van der Waals surface area (Å²) in [5.74, 6) is 0. The molecule has 0 saturated carbocycles. The van der Waals surface area contributed by atoms with Crippen molar-refractivity contribution in [1.82, 2.24) is 0 Å². The molecule has 108 valence electrons. The molecule has 0 heterocycles. The Morgan fingerprint density at radius 2 is 1.68 bits per heavy atom. The van der Waals surface area contributed by atoms with Crippen LogP contribution in [0.25, 0.3) is 0 Å². The van der Waals surface area contributed by atoms with Crippen LogP contribution in [0.3, 0.4) is 0 Å². The third-order valence-electron chi connectivity index (χ3n) is 3.08. The molecular weight excluding hydrogens is 294 g/mol. The Labute approximate surface area is 111 Å². The first-order chi connectivity index (χ1) is 8.60. The second-order valence-electron chi connectivity index (χ2n) is 4.13. The van der Waals surface area contributed by atoms with Crippen molar-refractivity contribution >= 4 is 16.3 Å². The van der Waals surface area contributed by atoms with Crippen LogP contribution in [0, 0.1) is 0 Å². The first kappa shape index (κ1) is 16.3. The molecule has 0 aliphatic rings. The molecule has 2 N–H and O–H groups in total. The van der Waals surface area contributed by atoms with E-state index < -0.39 is 26.8 Å². The van der Waals surface area contributed by atoms with Crippen LogP contribution in [0.4, 0.5) is 4.39 Å². The van der Waals surface area contributed by atoms with Crippen molar-refractivity contribution in [2.75, 3.05) is 0 Å². The van der Waals surface area contributed by atoms with Gasteiger partial charge in [-0.2, -0.15) is 0 Å². The van der Waals surface area contributed by atoms with Crippen LogP contribution in [-0.2, 0) is 19.7 Å². The van der Waals surface area contributed by atoms with Gasteiger partial charge in [0.2, 0.25) is 0 Å². The van der Waals surface area contributed by atoms with E-state index in [9.17, 15) is 17.4 Å². The van der Waals surface area contributed by atoms with E-state index in [1.165, 1.54) is 18.2 Å². The number of benzene rings is 1. The van der Waals surface area contributed by atoms with Crippen LogP contribution in [0.2, 0.25) is 0 Å². The van der Waals surface area contributed by atoms with Crippen molar-refractivity contribution < 1.29 is 27.2 Å². The minimum Gasteiger partial charge on any atom is -0.313 e. The molecule has 0 bridgehead atoms. The van der Waals surface area contributed by atoms with E-state index in [1.807, 2.05) is 0 Å². The average Bonchev–Trinajstić information content (AvgIpc) is 2.36. The summed E-state index contributed by atoms with van der Waals surface area (Å²) >= 11 is 0. The summed E-state index contributed by atoms with van der Waals surface area (Å²) in [6, 6.07) is 5.00. The van der Waals surface area contributed by atoms with Gasteiger partial charge in [0.05, 0.1) is 4.90 Å². The number of hydrogen-bond acceptors (Lipinski definition) is 3. The van der Waals surface area contributed by atoms with Crippen molar-refractivity contribution in [3.63, 3.8) is 0 Å². The highest BCUT2D eigenvalue weighted by Gasteiger charge is 2.41. The fourth-order valence-corrected chi connectivity index (χ4v) is 4.10. The Bertz CT molecular complexity index is 603. The van der Waals surface area contributed by atoms with Crippen LogP contribution < -0.4 is 0 Å². The minimum absolute atomic E-state index is 0.0111. The zero-order valence-corrected chi connectivity index (χ0v) is 12.3. The van der Waals surface area contributed by atoms with Gasteiger partial charge in [0.25, 0.3) is 9.46 Å². The van der Waals surface area contributed by atoms with E-state index in [4.69, 9.17) is 9.79 Å². The molecule has 0 aromatic heterocycles. The average molecular weight is 310 g/mol. The molecule has 1 aromatic rings. The molecule has 19 heavy (non-hydrogen) atoms. The molecule has 8 heteroatoms. The molecule has 0 saturated heterocycles. The Morgan fingerprint density at radius 3 is 2.11 bits per heavy atom. The first-order valence-corrected chi connectivity index (χ1v) is 9.39. The maximum Gasteiger partial charge on any atom is 0.444 e. The number of halogens is 1. The molecule has 0 spiro atoms. The van der Waals surface area contributed by atoms with Gasteiger partial charge in [-0.05, 0) is 18.9 Å². The van der Waals surface area contributed by atoms with E-state index in [2.05, 4.69) is 0 Å². The third kappa shape index (κ3) is 2.89. The van der Waals surface area contributed by atoms with Crippen molar-refractivity contribution in [3.8, 4) is 0 Å². The fraction of sp³-hybridized carbons (Fsp3) is 0.455.